The first-order valence-electron chi connectivity index (χ1n) is 8.75. The van der Waals surface area contributed by atoms with Crippen LogP contribution in [0, 0.1) is 0 Å². The van der Waals surface area contributed by atoms with Gasteiger partial charge in [-0.1, -0.05) is 23.7 Å². The number of nitrogens with one attached hydrogen (secondary N) is 1. The Hall–Kier alpha value is -2.58. The van der Waals surface area contributed by atoms with Crippen molar-refractivity contribution in [3.8, 4) is 11.4 Å². The molecule has 3 aromatic heterocycles. The maximum Gasteiger partial charge on any atom is 0.259 e. The number of halogens is 1. The van der Waals surface area contributed by atoms with Crippen molar-refractivity contribution in [3.63, 3.8) is 0 Å². The number of aromatic nitrogens is 6. The van der Waals surface area contributed by atoms with Crippen molar-refractivity contribution in [3.05, 3.63) is 55.9 Å². The number of aromatic amines is 1. The average molecular weight is 399 g/mol. The highest BCUT2D eigenvalue weighted by Crippen LogP contribution is 2.33. The van der Waals surface area contributed by atoms with E-state index in [-0.39, 0.29) is 12.1 Å². The lowest BCUT2D eigenvalue weighted by molar-refractivity contribution is 0.555. The van der Waals surface area contributed by atoms with Gasteiger partial charge in [-0.2, -0.15) is 4.80 Å². The van der Waals surface area contributed by atoms with Crippen LogP contribution in [-0.2, 0) is 19.4 Å². The molecule has 0 spiro atoms. The fraction of sp³-hybridized carbons (Fsp3) is 0.278. The molecule has 7 nitrogen and oxygen atoms in total. The third-order valence-corrected chi connectivity index (χ3v) is 6.25. The molecule has 1 N–H and O–H groups in total. The predicted octanol–water partition coefficient (Wildman–Crippen LogP) is 3.22. The Morgan fingerprint density at radius 1 is 1.22 bits per heavy atom. The summed E-state index contributed by atoms with van der Waals surface area (Å²) in [6, 6.07) is 7.34. The minimum absolute atomic E-state index is 0.0826. The fourth-order valence-electron chi connectivity index (χ4n) is 3.48. The monoisotopic (exact) mass is 398 g/mol. The molecule has 4 aromatic rings. The molecule has 1 aliphatic rings. The van der Waals surface area contributed by atoms with Crippen LogP contribution in [0.4, 0.5) is 0 Å². The Kier molecular flexibility index (Phi) is 4.02. The van der Waals surface area contributed by atoms with E-state index in [0.29, 0.717) is 22.2 Å². The summed E-state index contributed by atoms with van der Waals surface area (Å²) in [7, 11) is 0. The van der Waals surface area contributed by atoms with E-state index in [2.05, 4.69) is 25.4 Å². The first-order valence-corrected chi connectivity index (χ1v) is 9.94. The number of thiophene rings is 1. The van der Waals surface area contributed by atoms with Gasteiger partial charge in [-0.3, -0.25) is 4.79 Å². The Morgan fingerprint density at radius 2 is 2.07 bits per heavy atom. The number of rotatable bonds is 3. The summed E-state index contributed by atoms with van der Waals surface area (Å²) in [6.07, 6.45) is 4.31. The average Bonchev–Trinajstić information content (AvgIpc) is 3.26. The summed E-state index contributed by atoms with van der Waals surface area (Å²) in [5.74, 6) is 0.963. The second-order valence-electron chi connectivity index (χ2n) is 6.53. The lowest BCUT2D eigenvalue weighted by atomic mass is 9.97. The van der Waals surface area contributed by atoms with Crippen LogP contribution in [0.1, 0.15) is 29.1 Å². The number of nitrogens with zero attached hydrogens (tertiary/aromatic N) is 5. The van der Waals surface area contributed by atoms with Gasteiger partial charge in [-0.15, -0.1) is 21.5 Å². The van der Waals surface area contributed by atoms with Crippen molar-refractivity contribution < 1.29 is 0 Å². The number of hydrogen-bond acceptors (Lipinski definition) is 6. The minimum Gasteiger partial charge on any atom is -0.308 e. The summed E-state index contributed by atoms with van der Waals surface area (Å²) >= 11 is 7.82. The normalized spacial score (nSPS) is 13.8. The van der Waals surface area contributed by atoms with Crippen LogP contribution in [0.25, 0.3) is 21.6 Å². The third-order valence-electron chi connectivity index (χ3n) is 4.73. The molecule has 0 radical (unpaired) electrons. The van der Waals surface area contributed by atoms with Crippen LogP contribution in [0.3, 0.4) is 0 Å². The maximum atomic E-state index is 12.6. The first-order chi connectivity index (χ1) is 13.2. The molecule has 136 valence electrons. The third kappa shape index (κ3) is 2.94. The smallest absolute Gasteiger partial charge is 0.259 e. The van der Waals surface area contributed by atoms with Gasteiger partial charge in [0.25, 0.3) is 5.56 Å². The zero-order valence-corrected chi connectivity index (χ0v) is 15.8. The summed E-state index contributed by atoms with van der Waals surface area (Å²) < 4.78 is 0. The summed E-state index contributed by atoms with van der Waals surface area (Å²) in [5, 5.41) is 13.8. The van der Waals surface area contributed by atoms with E-state index in [9.17, 15) is 4.79 Å². The van der Waals surface area contributed by atoms with E-state index in [1.807, 2.05) is 18.2 Å². The lowest BCUT2D eigenvalue weighted by Crippen LogP contribution is -2.16. The number of hydrogen-bond donors (Lipinski definition) is 1. The van der Waals surface area contributed by atoms with Crippen molar-refractivity contribution in [1.82, 2.24) is 30.2 Å². The Bertz CT molecular complexity index is 1210. The largest absolute Gasteiger partial charge is 0.308 e. The lowest BCUT2D eigenvalue weighted by Gasteiger charge is -2.09. The number of tetrazole rings is 1. The molecule has 9 heteroatoms. The molecule has 0 aliphatic heterocycles. The van der Waals surface area contributed by atoms with Crippen LogP contribution in [0.2, 0.25) is 5.02 Å². The molecule has 0 bridgehead atoms. The SMILES string of the molecule is O=c1[nH]c(Cn2nnc(-c3ccccc3Cl)n2)nc2sc3c(c12)CCCC3. The Labute approximate surface area is 163 Å². The molecule has 0 saturated heterocycles. The molecular weight excluding hydrogens is 384 g/mol. The summed E-state index contributed by atoms with van der Waals surface area (Å²) in [5.41, 5.74) is 1.82. The topological polar surface area (TPSA) is 89.4 Å². The van der Waals surface area contributed by atoms with Gasteiger partial charge in [0.1, 0.15) is 17.2 Å². The van der Waals surface area contributed by atoms with Gasteiger partial charge in [-0.05, 0) is 48.6 Å². The van der Waals surface area contributed by atoms with Crippen molar-refractivity contribution in [2.75, 3.05) is 0 Å². The quantitative estimate of drug-likeness (QED) is 0.572. The van der Waals surface area contributed by atoms with E-state index in [0.717, 1.165) is 29.5 Å². The molecule has 27 heavy (non-hydrogen) atoms. The Morgan fingerprint density at radius 3 is 2.96 bits per heavy atom. The molecule has 0 amide bonds. The molecule has 0 fully saturated rings. The molecular formula is C18H15ClN6OS. The maximum absolute atomic E-state index is 12.6. The van der Waals surface area contributed by atoms with Gasteiger partial charge in [0, 0.05) is 10.4 Å². The van der Waals surface area contributed by atoms with Crippen molar-refractivity contribution in [2.45, 2.75) is 32.2 Å². The van der Waals surface area contributed by atoms with Gasteiger partial charge in [0.2, 0.25) is 5.82 Å². The van der Waals surface area contributed by atoms with Gasteiger partial charge in [0.15, 0.2) is 0 Å². The van der Waals surface area contributed by atoms with E-state index >= 15 is 0 Å². The predicted molar refractivity (Wildman–Crippen MR) is 104 cm³/mol. The standard InChI is InChI=1S/C18H15ClN6OS/c19-12-7-3-1-5-10(12)16-22-24-25(23-16)9-14-20-17(26)15-11-6-2-4-8-13(11)27-18(15)21-14/h1,3,5,7H,2,4,6,8-9H2,(H,20,21,26). The van der Waals surface area contributed by atoms with Crippen LogP contribution in [0.15, 0.2) is 29.1 Å². The first kappa shape index (κ1) is 16.6. The van der Waals surface area contributed by atoms with Crippen LogP contribution >= 0.6 is 22.9 Å². The van der Waals surface area contributed by atoms with Crippen LogP contribution < -0.4 is 5.56 Å². The molecule has 0 unspecified atom stereocenters. The second kappa shape index (κ2) is 6.54. The highest BCUT2D eigenvalue weighted by atomic mass is 35.5. The zero-order chi connectivity index (χ0) is 18.4. The second-order valence-corrected chi connectivity index (χ2v) is 8.02. The number of H-pyrrole nitrogens is 1. The summed E-state index contributed by atoms with van der Waals surface area (Å²) in [6.45, 7) is 0.241. The van der Waals surface area contributed by atoms with Crippen molar-refractivity contribution >= 4 is 33.2 Å². The van der Waals surface area contributed by atoms with Gasteiger partial charge in [0.05, 0.1) is 10.4 Å². The molecule has 3 heterocycles. The highest BCUT2D eigenvalue weighted by molar-refractivity contribution is 7.18. The number of fused-ring (bicyclic) bond motifs is 3. The molecule has 5 rings (SSSR count). The molecule has 1 aliphatic carbocycles. The summed E-state index contributed by atoms with van der Waals surface area (Å²) in [4.78, 5) is 23.7. The van der Waals surface area contributed by atoms with Crippen LogP contribution in [-0.4, -0.2) is 30.2 Å². The van der Waals surface area contributed by atoms with Crippen molar-refractivity contribution in [2.24, 2.45) is 0 Å². The number of benzene rings is 1. The minimum atomic E-state index is -0.0826. The van der Waals surface area contributed by atoms with E-state index in [4.69, 9.17) is 11.6 Å². The van der Waals surface area contributed by atoms with Gasteiger partial charge >= 0.3 is 0 Å². The molecule has 0 atom stereocenters. The highest BCUT2D eigenvalue weighted by Gasteiger charge is 2.20. The van der Waals surface area contributed by atoms with Gasteiger partial charge in [-0.25, -0.2) is 4.98 Å². The number of aryl methyl sites for hydroxylation is 2. The van der Waals surface area contributed by atoms with E-state index < -0.39 is 0 Å². The fourth-order valence-corrected chi connectivity index (χ4v) is 4.98. The Balaban J connectivity index is 1.49. The molecule has 0 saturated carbocycles. The van der Waals surface area contributed by atoms with Crippen LogP contribution in [0.5, 0.6) is 0 Å². The van der Waals surface area contributed by atoms with E-state index in [1.165, 1.54) is 21.7 Å². The van der Waals surface area contributed by atoms with Crippen molar-refractivity contribution in [1.29, 1.82) is 0 Å². The van der Waals surface area contributed by atoms with Gasteiger partial charge < -0.3 is 4.98 Å². The van der Waals surface area contributed by atoms with E-state index in [1.54, 1.807) is 17.4 Å². The molecule has 1 aromatic carbocycles. The zero-order valence-electron chi connectivity index (χ0n) is 14.3.